The minimum absolute atomic E-state index is 0.0356. The van der Waals surface area contributed by atoms with Crippen LogP contribution in [0.4, 0.5) is 4.39 Å². The molecule has 0 saturated heterocycles. The van der Waals surface area contributed by atoms with Gasteiger partial charge in [0.2, 0.25) is 5.88 Å². The predicted octanol–water partition coefficient (Wildman–Crippen LogP) is 2.02. The van der Waals surface area contributed by atoms with E-state index < -0.39 is 34.8 Å². The van der Waals surface area contributed by atoms with E-state index in [1.165, 1.54) is 31.6 Å². The number of carbonyl (C=O) groups is 2. The number of rotatable bonds is 7. The van der Waals surface area contributed by atoms with Crippen LogP contribution in [0.5, 0.6) is 11.6 Å². The molecule has 33 heavy (non-hydrogen) atoms. The van der Waals surface area contributed by atoms with Crippen molar-refractivity contribution in [3.63, 3.8) is 0 Å². The summed E-state index contributed by atoms with van der Waals surface area (Å²) < 4.78 is 24.0. The molecular weight excluding hydrogens is 455 g/mol. The van der Waals surface area contributed by atoms with Gasteiger partial charge in [0.1, 0.15) is 11.6 Å². The quantitative estimate of drug-likeness (QED) is 0.556. The van der Waals surface area contributed by atoms with Gasteiger partial charge in [-0.05, 0) is 44.2 Å². The molecule has 1 heterocycles. The second-order valence-corrected chi connectivity index (χ2v) is 8.84. The van der Waals surface area contributed by atoms with Crippen LogP contribution in [-0.2, 0) is 4.79 Å². The van der Waals surface area contributed by atoms with Gasteiger partial charge in [0.15, 0.2) is 12.3 Å². The van der Waals surface area contributed by atoms with E-state index in [4.69, 9.17) is 21.1 Å². The summed E-state index contributed by atoms with van der Waals surface area (Å²) in [5.41, 5.74) is -1.33. The lowest BCUT2D eigenvalue weighted by Crippen LogP contribution is -2.70. The van der Waals surface area contributed by atoms with E-state index in [-0.39, 0.29) is 35.4 Å². The molecule has 0 aliphatic heterocycles. The number of hydrogen-bond acceptors (Lipinski definition) is 7. The summed E-state index contributed by atoms with van der Waals surface area (Å²) in [7, 11) is 1.41. The summed E-state index contributed by atoms with van der Waals surface area (Å²) in [6.07, 6.45) is 4.37. The van der Waals surface area contributed by atoms with Gasteiger partial charge >= 0.3 is 0 Å². The van der Waals surface area contributed by atoms with Gasteiger partial charge in [-0.25, -0.2) is 14.4 Å². The van der Waals surface area contributed by atoms with Crippen LogP contribution in [0.25, 0.3) is 0 Å². The zero-order chi connectivity index (χ0) is 23.6. The largest absolute Gasteiger partial charge is 0.484 e. The zero-order valence-electron chi connectivity index (χ0n) is 17.9. The Labute approximate surface area is 194 Å². The number of carbonyl (C=O) groups excluding carboxylic acids is 2. The van der Waals surface area contributed by atoms with Crippen molar-refractivity contribution in [1.82, 2.24) is 20.6 Å². The first-order chi connectivity index (χ1) is 15.8. The maximum Gasteiger partial charge on any atom is 0.275 e. The number of nitrogens with zero attached hydrogens (tertiary/aromatic N) is 2. The van der Waals surface area contributed by atoms with Gasteiger partial charge in [0.05, 0.1) is 23.8 Å². The third-order valence-electron chi connectivity index (χ3n) is 6.42. The average Bonchev–Trinajstić information content (AvgIpc) is 2.81. The number of ether oxygens (including phenoxy) is 2. The second-order valence-electron chi connectivity index (χ2n) is 8.44. The Morgan fingerprint density at radius 3 is 2.61 bits per heavy atom. The number of fused-ring (bicyclic) bond motifs is 3. The lowest BCUT2D eigenvalue weighted by Gasteiger charge is -2.56. The van der Waals surface area contributed by atoms with Gasteiger partial charge in [-0.3, -0.25) is 9.59 Å². The molecule has 2 bridgehead atoms. The third kappa shape index (κ3) is 4.72. The highest BCUT2D eigenvalue weighted by molar-refractivity contribution is 6.30. The number of aromatic nitrogens is 2. The van der Waals surface area contributed by atoms with E-state index >= 15 is 0 Å². The molecule has 5 rings (SSSR count). The Balaban J connectivity index is 1.36. The molecule has 1 atom stereocenters. The van der Waals surface area contributed by atoms with E-state index in [1.807, 2.05) is 0 Å². The van der Waals surface area contributed by atoms with Crippen LogP contribution >= 0.6 is 11.6 Å². The summed E-state index contributed by atoms with van der Waals surface area (Å²) >= 11 is 5.65. The van der Waals surface area contributed by atoms with Crippen molar-refractivity contribution in [3.05, 3.63) is 47.1 Å². The molecule has 1 unspecified atom stereocenters. The van der Waals surface area contributed by atoms with Crippen LogP contribution in [0.15, 0.2) is 30.6 Å². The van der Waals surface area contributed by atoms with E-state index in [9.17, 15) is 19.1 Å². The van der Waals surface area contributed by atoms with Crippen molar-refractivity contribution in [2.45, 2.75) is 49.3 Å². The predicted molar refractivity (Wildman–Crippen MR) is 116 cm³/mol. The normalized spacial score (nSPS) is 25.9. The summed E-state index contributed by atoms with van der Waals surface area (Å²) in [6, 6.07) is 3.92. The molecule has 3 fully saturated rings. The summed E-state index contributed by atoms with van der Waals surface area (Å²) in [5, 5.41) is 16.7. The molecular formula is C22H24ClFN4O5. The molecule has 11 heteroatoms. The molecule has 3 aliphatic rings. The van der Waals surface area contributed by atoms with Crippen molar-refractivity contribution in [2.75, 3.05) is 13.7 Å². The van der Waals surface area contributed by atoms with Crippen molar-refractivity contribution >= 4 is 23.4 Å². The zero-order valence-corrected chi connectivity index (χ0v) is 18.7. The third-order valence-corrected chi connectivity index (χ3v) is 6.73. The van der Waals surface area contributed by atoms with Crippen molar-refractivity contribution in [1.29, 1.82) is 0 Å². The van der Waals surface area contributed by atoms with Crippen molar-refractivity contribution < 1.29 is 28.6 Å². The summed E-state index contributed by atoms with van der Waals surface area (Å²) in [6.45, 7) is -0.329. The highest BCUT2D eigenvalue weighted by Crippen LogP contribution is 2.47. The standard InChI is InChI=1S/C22H24ClFN4O5/c1-32-20-18(25-8-9-26-20)19(31)28-21-4-6-22(7-5-21,16(29)11-21)27-17(30)12-33-13-2-3-14(23)15(24)10-13/h2-3,8-10,16,29H,4-7,11-12H2,1H3,(H,27,30)(H,28,31). The van der Waals surface area contributed by atoms with E-state index in [0.717, 1.165) is 6.07 Å². The average molecular weight is 479 g/mol. The maximum atomic E-state index is 13.5. The Morgan fingerprint density at radius 1 is 1.21 bits per heavy atom. The number of nitrogens with one attached hydrogen (secondary N) is 2. The SMILES string of the molecule is COc1nccnc1C(=O)NC12CCC(NC(=O)COc3ccc(Cl)c(F)c3)(CC1)C(O)C2. The monoisotopic (exact) mass is 478 g/mol. The highest BCUT2D eigenvalue weighted by Gasteiger charge is 2.55. The molecule has 2 aromatic rings. The molecule has 176 valence electrons. The van der Waals surface area contributed by atoms with Crippen LogP contribution in [0.2, 0.25) is 5.02 Å². The number of amides is 2. The molecule has 0 spiro atoms. The fourth-order valence-electron chi connectivity index (χ4n) is 4.62. The summed E-state index contributed by atoms with van der Waals surface area (Å²) in [4.78, 5) is 33.4. The molecule has 1 aromatic heterocycles. The number of benzene rings is 1. The number of aliphatic hydroxyl groups is 1. The molecule has 2 amide bonds. The fraction of sp³-hybridized carbons (Fsp3) is 0.455. The van der Waals surface area contributed by atoms with E-state index in [1.54, 1.807) is 0 Å². The minimum atomic E-state index is -0.860. The maximum absolute atomic E-state index is 13.5. The smallest absolute Gasteiger partial charge is 0.275 e. The first-order valence-electron chi connectivity index (χ1n) is 10.5. The number of hydrogen-bond donors (Lipinski definition) is 3. The van der Waals surface area contributed by atoms with Gasteiger partial charge in [-0.15, -0.1) is 0 Å². The number of aliphatic hydroxyl groups excluding tert-OH is 1. The lowest BCUT2D eigenvalue weighted by atomic mass is 9.60. The highest BCUT2D eigenvalue weighted by atomic mass is 35.5. The first kappa shape index (κ1) is 23.2. The molecule has 0 radical (unpaired) electrons. The minimum Gasteiger partial charge on any atom is -0.484 e. The number of methoxy groups -OCH3 is 1. The van der Waals surface area contributed by atoms with Crippen LogP contribution in [0.3, 0.4) is 0 Å². The Hall–Kier alpha value is -2.98. The number of halogens is 2. The van der Waals surface area contributed by atoms with E-state index in [0.29, 0.717) is 25.7 Å². The second kappa shape index (κ2) is 9.11. The molecule has 3 aliphatic carbocycles. The van der Waals surface area contributed by atoms with Crippen LogP contribution in [0.1, 0.15) is 42.6 Å². The van der Waals surface area contributed by atoms with Gasteiger partial charge in [0.25, 0.3) is 11.8 Å². The fourth-order valence-corrected chi connectivity index (χ4v) is 4.74. The van der Waals surface area contributed by atoms with E-state index in [2.05, 4.69) is 20.6 Å². The van der Waals surface area contributed by atoms with Gasteiger partial charge in [-0.2, -0.15) is 0 Å². The van der Waals surface area contributed by atoms with Gasteiger partial charge in [-0.1, -0.05) is 11.6 Å². The lowest BCUT2D eigenvalue weighted by molar-refractivity contribution is -0.132. The van der Waals surface area contributed by atoms with Gasteiger partial charge < -0.3 is 25.2 Å². The molecule has 3 saturated carbocycles. The molecule has 9 nitrogen and oxygen atoms in total. The topological polar surface area (TPSA) is 123 Å². The van der Waals surface area contributed by atoms with Crippen molar-refractivity contribution in [2.24, 2.45) is 0 Å². The van der Waals surface area contributed by atoms with Crippen LogP contribution < -0.4 is 20.1 Å². The Morgan fingerprint density at radius 2 is 1.94 bits per heavy atom. The van der Waals surface area contributed by atoms with Crippen LogP contribution in [0, 0.1) is 5.82 Å². The van der Waals surface area contributed by atoms with Crippen molar-refractivity contribution in [3.8, 4) is 11.6 Å². The Kier molecular flexibility index (Phi) is 6.40. The Bertz CT molecular complexity index is 1060. The molecule has 3 N–H and O–H groups in total. The van der Waals surface area contributed by atoms with Gasteiger partial charge in [0, 0.05) is 24.0 Å². The molecule has 1 aromatic carbocycles. The summed E-state index contributed by atoms with van der Waals surface area (Å²) in [5.74, 6) is -1.18. The first-order valence-corrected chi connectivity index (χ1v) is 10.9. The van der Waals surface area contributed by atoms with Crippen LogP contribution in [-0.4, -0.2) is 57.8 Å².